The summed E-state index contributed by atoms with van der Waals surface area (Å²) in [5, 5.41) is 9.87. The number of piperidine rings is 1. The van der Waals surface area contributed by atoms with Gasteiger partial charge >= 0.3 is 0 Å². The molecule has 1 aliphatic heterocycles. The predicted octanol–water partition coefficient (Wildman–Crippen LogP) is 2.31. The number of rotatable bonds is 6. The lowest BCUT2D eigenvalue weighted by molar-refractivity contribution is 0.306. The Kier molecular flexibility index (Phi) is 7.64. The summed E-state index contributed by atoms with van der Waals surface area (Å²) >= 11 is 1.65. The summed E-state index contributed by atoms with van der Waals surface area (Å²) < 4.78 is 26.0. The minimum Gasteiger partial charge on any atom is -0.354 e. The minimum atomic E-state index is -3.09. The Morgan fingerprint density at radius 2 is 2.04 bits per heavy atom. The van der Waals surface area contributed by atoms with E-state index in [0.29, 0.717) is 26.1 Å². The highest BCUT2D eigenvalue weighted by molar-refractivity contribution is 7.89. The van der Waals surface area contributed by atoms with E-state index in [9.17, 15) is 8.42 Å². The molecule has 0 saturated carbocycles. The van der Waals surface area contributed by atoms with Crippen LogP contribution in [0.2, 0.25) is 0 Å². The molecule has 1 aliphatic rings. The van der Waals surface area contributed by atoms with Crippen LogP contribution in [0.25, 0.3) is 0 Å². The lowest BCUT2D eigenvalue weighted by Gasteiger charge is -2.32. The summed E-state index contributed by atoms with van der Waals surface area (Å²) in [5.41, 5.74) is 1.16. The first-order valence-corrected chi connectivity index (χ1v) is 12.0. The van der Waals surface area contributed by atoms with E-state index >= 15 is 0 Å². The molecule has 0 bridgehead atoms. The van der Waals surface area contributed by atoms with Crippen molar-refractivity contribution in [2.75, 3.05) is 25.9 Å². The van der Waals surface area contributed by atoms with Crippen LogP contribution in [0, 0.1) is 0 Å². The molecule has 2 rings (SSSR count). The normalized spacial score (nSPS) is 17.9. The van der Waals surface area contributed by atoms with Gasteiger partial charge in [0.2, 0.25) is 10.0 Å². The fraction of sp³-hybridized carbons (Fsp3) is 0.778. The van der Waals surface area contributed by atoms with E-state index in [1.54, 1.807) is 22.7 Å². The van der Waals surface area contributed by atoms with Crippen LogP contribution in [0.1, 0.15) is 57.7 Å². The Hall–Kier alpha value is -1.19. The number of hydrogen-bond donors (Lipinski definition) is 2. The summed E-state index contributed by atoms with van der Waals surface area (Å²) in [4.78, 5) is 8.98. The molecule has 9 heteroatoms. The third-order valence-corrected chi connectivity index (χ3v) is 7.53. The zero-order chi connectivity index (χ0) is 20.1. The second-order valence-electron chi connectivity index (χ2n) is 7.94. The highest BCUT2D eigenvalue weighted by atomic mass is 32.2. The average Bonchev–Trinajstić information content (AvgIpc) is 3.08. The molecule has 0 atom stereocenters. The third kappa shape index (κ3) is 6.43. The fourth-order valence-electron chi connectivity index (χ4n) is 2.95. The largest absolute Gasteiger partial charge is 0.354 e. The van der Waals surface area contributed by atoms with E-state index in [0.717, 1.165) is 29.5 Å². The van der Waals surface area contributed by atoms with Crippen LogP contribution in [0.4, 0.5) is 0 Å². The molecule has 0 unspecified atom stereocenters. The summed E-state index contributed by atoms with van der Waals surface area (Å²) in [6.07, 6.45) is 2.23. The molecule has 0 spiro atoms. The van der Waals surface area contributed by atoms with Gasteiger partial charge in [-0.15, -0.1) is 11.3 Å². The standard InChI is InChI=1S/C18H33N5O2S2/c1-6-11-27(24,25)23-9-7-14(8-10-23)21-17(19-5)20-12-16-22-15(13-26-16)18(2,3)4/h13-14H,6-12H2,1-5H3,(H2,19,20,21). The van der Waals surface area contributed by atoms with Crippen molar-refractivity contribution in [3.8, 4) is 0 Å². The van der Waals surface area contributed by atoms with Gasteiger partial charge < -0.3 is 10.6 Å². The average molecular weight is 416 g/mol. The maximum Gasteiger partial charge on any atom is 0.214 e. The molecule has 0 amide bonds. The molecule has 0 aromatic carbocycles. The van der Waals surface area contributed by atoms with Crippen LogP contribution in [0.5, 0.6) is 0 Å². The monoisotopic (exact) mass is 415 g/mol. The van der Waals surface area contributed by atoms with Crippen LogP contribution in [0.15, 0.2) is 10.4 Å². The maximum absolute atomic E-state index is 12.2. The number of sulfonamides is 1. The molecule has 1 aromatic rings. The van der Waals surface area contributed by atoms with Crippen LogP contribution < -0.4 is 10.6 Å². The molecule has 2 N–H and O–H groups in total. The Bertz CT molecular complexity index is 729. The minimum absolute atomic E-state index is 0.0563. The molecular formula is C18H33N5O2S2. The van der Waals surface area contributed by atoms with Crippen molar-refractivity contribution in [3.63, 3.8) is 0 Å². The van der Waals surface area contributed by atoms with Crippen molar-refractivity contribution in [2.45, 2.75) is 65.0 Å². The van der Waals surface area contributed by atoms with Gasteiger partial charge in [0.15, 0.2) is 5.96 Å². The van der Waals surface area contributed by atoms with Crippen molar-refractivity contribution in [2.24, 2.45) is 4.99 Å². The lowest BCUT2D eigenvalue weighted by atomic mass is 9.93. The number of nitrogens with one attached hydrogen (secondary N) is 2. The predicted molar refractivity (Wildman–Crippen MR) is 113 cm³/mol. The number of guanidine groups is 1. The van der Waals surface area contributed by atoms with Gasteiger partial charge in [0.25, 0.3) is 0 Å². The molecule has 1 aromatic heterocycles. The smallest absolute Gasteiger partial charge is 0.214 e. The molecule has 7 nitrogen and oxygen atoms in total. The van der Waals surface area contributed by atoms with Crippen molar-refractivity contribution in [1.29, 1.82) is 0 Å². The molecule has 27 heavy (non-hydrogen) atoms. The topological polar surface area (TPSA) is 86.7 Å². The second-order valence-corrected chi connectivity index (χ2v) is 11.0. The van der Waals surface area contributed by atoms with E-state index in [1.165, 1.54) is 0 Å². The third-order valence-electron chi connectivity index (χ3n) is 4.60. The molecular weight excluding hydrogens is 382 g/mol. The van der Waals surface area contributed by atoms with Crippen LogP contribution in [-0.2, 0) is 22.0 Å². The van der Waals surface area contributed by atoms with Crippen LogP contribution in [0.3, 0.4) is 0 Å². The highest BCUT2D eigenvalue weighted by Gasteiger charge is 2.27. The van der Waals surface area contributed by atoms with Gasteiger partial charge in [0.05, 0.1) is 18.0 Å². The van der Waals surface area contributed by atoms with Gasteiger partial charge in [0, 0.05) is 37.0 Å². The first kappa shape index (κ1) is 22.1. The van der Waals surface area contributed by atoms with E-state index in [1.807, 2.05) is 6.92 Å². The van der Waals surface area contributed by atoms with Crippen LogP contribution in [-0.4, -0.2) is 55.6 Å². The van der Waals surface area contributed by atoms with Crippen molar-refractivity contribution in [3.05, 3.63) is 16.1 Å². The number of aliphatic imine (C=N–C) groups is 1. The zero-order valence-corrected chi connectivity index (χ0v) is 18.7. The first-order valence-electron chi connectivity index (χ1n) is 9.55. The van der Waals surface area contributed by atoms with Gasteiger partial charge in [-0.2, -0.15) is 0 Å². The maximum atomic E-state index is 12.2. The van der Waals surface area contributed by atoms with Gasteiger partial charge in [-0.05, 0) is 19.3 Å². The van der Waals surface area contributed by atoms with Crippen molar-refractivity contribution < 1.29 is 8.42 Å². The first-order chi connectivity index (χ1) is 12.7. The Morgan fingerprint density at radius 3 is 2.56 bits per heavy atom. The SMILES string of the molecule is CCCS(=O)(=O)N1CCC(NC(=NC)NCc2nc(C(C)(C)C)cs2)CC1. The molecule has 0 aliphatic carbocycles. The van der Waals surface area contributed by atoms with Crippen molar-refractivity contribution in [1.82, 2.24) is 19.9 Å². The molecule has 1 saturated heterocycles. The second kappa shape index (κ2) is 9.34. The van der Waals surface area contributed by atoms with Gasteiger partial charge in [0.1, 0.15) is 5.01 Å². The van der Waals surface area contributed by atoms with E-state index in [4.69, 9.17) is 0 Å². The highest BCUT2D eigenvalue weighted by Crippen LogP contribution is 2.23. The van der Waals surface area contributed by atoms with E-state index < -0.39 is 10.0 Å². The molecule has 2 heterocycles. The Labute approximate surface area is 167 Å². The van der Waals surface area contributed by atoms with Gasteiger partial charge in [-0.1, -0.05) is 27.7 Å². The number of nitrogens with zero attached hydrogens (tertiary/aromatic N) is 3. The Morgan fingerprint density at radius 1 is 1.37 bits per heavy atom. The van der Waals surface area contributed by atoms with Crippen molar-refractivity contribution >= 4 is 27.3 Å². The van der Waals surface area contributed by atoms with Gasteiger partial charge in [-0.3, -0.25) is 4.99 Å². The summed E-state index contributed by atoms with van der Waals surface area (Å²) in [6.45, 7) is 10.1. The van der Waals surface area contributed by atoms with Crippen LogP contribution >= 0.6 is 11.3 Å². The Balaban J connectivity index is 1.82. The lowest BCUT2D eigenvalue weighted by Crippen LogP contribution is -2.49. The summed E-state index contributed by atoms with van der Waals surface area (Å²) in [7, 11) is -1.35. The summed E-state index contributed by atoms with van der Waals surface area (Å²) in [6, 6.07) is 0.228. The number of thiazole rings is 1. The van der Waals surface area contributed by atoms with E-state index in [-0.39, 0.29) is 17.2 Å². The number of hydrogen-bond acceptors (Lipinski definition) is 5. The number of aromatic nitrogens is 1. The zero-order valence-electron chi connectivity index (χ0n) is 17.1. The fourth-order valence-corrected chi connectivity index (χ4v) is 5.45. The quantitative estimate of drug-likeness (QED) is 0.550. The van der Waals surface area contributed by atoms with Gasteiger partial charge in [-0.25, -0.2) is 17.7 Å². The molecule has 154 valence electrons. The van der Waals surface area contributed by atoms with E-state index in [2.05, 4.69) is 46.8 Å². The molecule has 0 radical (unpaired) electrons. The molecule has 1 fully saturated rings. The summed E-state index contributed by atoms with van der Waals surface area (Å²) in [5.74, 6) is 0.968.